The second-order valence-electron chi connectivity index (χ2n) is 3.63. The van der Waals surface area contributed by atoms with Crippen LogP contribution in [0.1, 0.15) is 27.7 Å². The molecule has 0 aromatic rings. The number of hydrogen-bond acceptors (Lipinski definition) is 3. The monoisotopic (exact) mass is 244 g/mol. The fraction of sp³-hybridized carbons (Fsp3) is 1.00. The third-order valence-corrected chi connectivity index (χ3v) is 12.3. The number of rotatable bonds is 6. The first-order valence-corrected chi connectivity index (χ1v) is 9.22. The standard InChI is InChI=1S/C8H21O4PS/c1-5-13(6-2,7-3,8-4)12-14(9,10)11/h5-8H2,1-4H3,(H,9,10,11). The van der Waals surface area contributed by atoms with Crippen molar-refractivity contribution in [3.05, 3.63) is 0 Å². The third kappa shape index (κ3) is 2.89. The predicted molar refractivity (Wildman–Crippen MR) is 61.7 cm³/mol. The van der Waals surface area contributed by atoms with Crippen LogP contribution in [0.5, 0.6) is 0 Å². The Morgan fingerprint density at radius 2 is 1.29 bits per heavy atom. The van der Waals surface area contributed by atoms with E-state index in [0.717, 1.165) is 0 Å². The van der Waals surface area contributed by atoms with Gasteiger partial charge in [-0.3, -0.25) is 0 Å². The van der Waals surface area contributed by atoms with Crippen LogP contribution in [0, 0.1) is 0 Å². The van der Waals surface area contributed by atoms with Crippen molar-refractivity contribution in [3.63, 3.8) is 0 Å². The second kappa shape index (κ2) is 4.44. The van der Waals surface area contributed by atoms with Gasteiger partial charge in [-0.15, -0.1) is 0 Å². The van der Waals surface area contributed by atoms with E-state index < -0.39 is 17.2 Å². The topological polar surface area (TPSA) is 63.6 Å². The third-order valence-electron chi connectivity index (χ3n) is 3.50. The van der Waals surface area contributed by atoms with Gasteiger partial charge in [0.1, 0.15) is 0 Å². The van der Waals surface area contributed by atoms with Gasteiger partial charge >= 0.3 is 86.5 Å². The molecule has 0 atom stereocenters. The zero-order valence-electron chi connectivity index (χ0n) is 9.36. The molecule has 0 spiro atoms. The Balaban J connectivity index is 5.26. The maximum absolute atomic E-state index is 10.9. The van der Waals surface area contributed by atoms with Crippen molar-refractivity contribution in [2.24, 2.45) is 0 Å². The van der Waals surface area contributed by atoms with Crippen LogP contribution >= 0.6 is 6.83 Å². The quantitative estimate of drug-likeness (QED) is 0.575. The van der Waals surface area contributed by atoms with E-state index in [2.05, 4.69) is 0 Å². The van der Waals surface area contributed by atoms with E-state index in [1.807, 2.05) is 27.7 Å². The fourth-order valence-electron chi connectivity index (χ4n) is 1.82. The Labute approximate surface area is 87.0 Å². The molecule has 0 unspecified atom stereocenters. The van der Waals surface area contributed by atoms with E-state index in [-0.39, 0.29) is 0 Å². The molecule has 0 aromatic carbocycles. The molecule has 0 aliphatic rings. The zero-order chi connectivity index (χ0) is 11.5. The van der Waals surface area contributed by atoms with E-state index in [1.54, 1.807) is 0 Å². The molecule has 0 fully saturated rings. The summed E-state index contributed by atoms with van der Waals surface area (Å²) >= 11 is 0. The molecular weight excluding hydrogens is 223 g/mol. The Kier molecular flexibility index (Phi) is 4.53. The summed E-state index contributed by atoms with van der Waals surface area (Å²) in [7, 11) is -4.33. The van der Waals surface area contributed by atoms with Gasteiger partial charge in [0, 0.05) is 0 Å². The minimum atomic E-state index is -4.33. The first-order valence-electron chi connectivity index (χ1n) is 4.96. The number of hydrogen-bond donors (Lipinski definition) is 1. The zero-order valence-corrected chi connectivity index (χ0v) is 11.1. The molecule has 0 amide bonds. The second-order valence-corrected chi connectivity index (χ2v) is 11.3. The van der Waals surface area contributed by atoms with E-state index in [1.165, 1.54) is 0 Å². The van der Waals surface area contributed by atoms with Crippen LogP contribution in [0.15, 0.2) is 0 Å². The van der Waals surface area contributed by atoms with Gasteiger partial charge in [-0.2, -0.15) is 0 Å². The van der Waals surface area contributed by atoms with Gasteiger partial charge in [0.2, 0.25) is 0 Å². The molecule has 0 aliphatic heterocycles. The van der Waals surface area contributed by atoms with Gasteiger partial charge in [0.25, 0.3) is 0 Å². The average molecular weight is 244 g/mol. The molecule has 1 N–H and O–H groups in total. The van der Waals surface area contributed by atoms with Crippen molar-refractivity contribution in [1.82, 2.24) is 0 Å². The van der Waals surface area contributed by atoms with Crippen molar-refractivity contribution < 1.29 is 16.9 Å². The molecule has 88 valence electrons. The normalized spacial score (nSPS) is 16.2. The van der Waals surface area contributed by atoms with Crippen LogP contribution in [0.25, 0.3) is 0 Å². The Morgan fingerprint density at radius 3 is 1.36 bits per heavy atom. The SMILES string of the molecule is CCP(CC)(CC)(CC)OS(=O)(=O)O. The summed E-state index contributed by atoms with van der Waals surface area (Å²) in [6, 6.07) is 0. The van der Waals surface area contributed by atoms with E-state index in [4.69, 9.17) is 8.52 Å². The molecule has 0 saturated carbocycles. The minimum absolute atomic E-state index is 0.689. The molecule has 0 aliphatic carbocycles. The van der Waals surface area contributed by atoms with Crippen LogP contribution in [0.2, 0.25) is 0 Å². The summed E-state index contributed by atoms with van der Waals surface area (Å²) in [6.07, 6.45) is 2.76. The molecule has 0 radical (unpaired) electrons. The van der Waals surface area contributed by atoms with Gasteiger partial charge < -0.3 is 0 Å². The first kappa shape index (κ1) is 14.3. The van der Waals surface area contributed by atoms with E-state index in [9.17, 15) is 8.42 Å². The van der Waals surface area contributed by atoms with Crippen LogP contribution in [-0.4, -0.2) is 37.6 Å². The van der Waals surface area contributed by atoms with Crippen molar-refractivity contribution in [2.45, 2.75) is 27.7 Å². The summed E-state index contributed by atoms with van der Waals surface area (Å²) in [5.74, 6) is 0. The van der Waals surface area contributed by atoms with Crippen molar-refractivity contribution in [3.8, 4) is 0 Å². The van der Waals surface area contributed by atoms with Crippen molar-refractivity contribution in [1.29, 1.82) is 0 Å². The van der Waals surface area contributed by atoms with Crippen LogP contribution < -0.4 is 0 Å². The molecule has 6 heteroatoms. The van der Waals surface area contributed by atoms with Gasteiger partial charge in [-0.05, 0) is 0 Å². The molecule has 14 heavy (non-hydrogen) atoms. The Bertz CT molecular complexity index is 258. The summed E-state index contributed by atoms with van der Waals surface area (Å²) in [6.45, 7) is 5.03. The molecule has 0 aromatic heterocycles. The van der Waals surface area contributed by atoms with Gasteiger partial charge in [-0.25, -0.2) is 0 Å². The summed E-state index contributed by atoms with van der Waals surface area (Å²) in [4.78, 5) is 0. The van der Waals surface area contributed by atoms with E-state index in [0.29, 0.717) is 24.6 Å². The van der Waals surface area contributed by atoms with Gasteiger partial charge in [0.15, 0.2) is 0 Å². The predicted octanol–water partition coefficient (Wildman–Crippen LogP) is 2.35. The van der Waals surface area contributed by atoms with Crippen LogP contribution in [0.3, 0.4) is 0 Å². The van der Waals surface area contributed by atoms with Gasteiger partial charge in [-0.1, -0.05) is 0 Å². The van der Waals surface area contributed by atoms with Crippen LogP contribution in [-0.2, 0) is 14.4 Å². The van der Waals surface area contributed by atoms with Gasteiger partial charge in [0.05, 0.1) is 0 Å². The van der Waals surface area contributed by atoms with E-state index >= 15 is 0 Å². The summed E-state index contributed by atoms with van der Waals surface area (Å²) in [5, 5.41) is 0. The molecule has 0 bridgehead atoms. The molecule has 0 rings (SSSR count). The molecule has 0 heterocycles. The first-order chi connectivity index (χ1) is 6.26. The molecule has 0 saturated heterocycles. The van der Waals surface area contributed by atoms with Crippen molar-refractivity contribution in [2.75, 3.05) is 24.6 Å². The molecule has 4 nitrogen and oxygen atoms in total. The fourth-order valence-corrected chi connectivity index (χ4v) is 8.32. The summed E-state index contributed by atoms with van der Waals surface area (Å²) < 4.78 is 35.6. The Morgan fingerprint density at radius 1 is 1.00 bits per heavy atom. The summed E-state index contributed by atoms with van der Waals surface area (Å²) in [5.41, 5.74) is 0. The maximum atomic E-state index is 10.9. The average Bonchev–Trinajstić information content (AvgIpc) is 2.14. The van der Waals surface area contributed by atoms with Crippen LogP contribution in [0.4, 0.5) is 0 Å². The Hall–Kier alpha value is 0.300. The van der Waals surface area contributed by atoms with Crippen molar-refractivity contribution >= 4 is 17.2 Å². The molecular formula is C8H21O4PS.